The summed E-state index contributed by atoms with van der Waals surface area (Å²) in [6.45, 7) is 4.16. The molecule has 0 aliphatic carbocycles. The minimum absolute atomic E-state index is 0.0132. The molecule has 5 heteroatoms. The molecule has 0 fully saturated rings. The zero-order chi connectivity index (χ0) is 13.3. The van der Waals surface area contributed by atoms with E-state index in [0.29, 0.717) is 12.1 Å². The van der Waals surface area contributed by atoms with Crippen LogP contribution in [0.2, 0.25) is 0 Å². The van der Waals surface area contributed by atoms with Crippen LogP contribution in [-0.2, 0) is 6.54 Å². The van der Waals surface area contributed by atoms with Crippen molar-refractivity contribution in [1.29, 1.82) is 0 Å². The fourth-order valence-electron chi connectivity index (χ4n) is 1.77. The monoisotopic (exact) mass is 248 g/mol. The number of aryl methyl sites for hydroxylation is 1. The Morgan fingerprint density at radius 1 is 1.44 bits per heavy atom. The molecule has 2 aromatic rings. The molecule has 0 unspecified atom stereocenters. The highest BCUT2D eigenvalue weighted by Crippen LogP contribution is 2.15. The first-order chi connectivity index (χ1) is 8.49. The Bertz CT molecular complexity index is 605. The fourth-order valence-corrected chi connectivity index (χ4v) is 1.77. The van der Waals surface area contributed by atoms with Crippen molar-refractivity contribution in [3.63, 3.8) is 0 Å². The number of aromatic nitrogens is 2. The minimum Gasteiger partial charge on any atom is -0.478 e. The topological polar surface area (TPSA) is 55.1 Å². The summed E-state index contributed by atoms with van der Waals surface area (Å²) in [5.74, 6) is -1.67. The summed E-state index contributed by atoms with van der Waals surface area (Å²) in [6, 6.07) is 3.80. The van der Waals surface area contributed by atoms with Crippen LogP contribution in [0.5, 0.6) is 0 Å². The Morgan fingerprint density at radius 2 is 2.17 bits per heavy atom. The number of carbonyl (C=O) groups is 1. The summed E-state index contributed by atoms with van der Waals surface area (Å²) >= 11 is 0. The molecule has 0 spiro atoms. The number of rotatable bonds is 3. The van der Waals surface area contributed by atoms with Gasteiger partial charge in [0.25, 0.3) is 0 Å². The second kappa shape index (κ2) is 4.60. The lowest BCUT2D eigenvalue weighted by atomic mass is 10.1. The first kappa shape index (κ1) is 12.3. The maximum atomic E-state index is 13.0. The van der Waals surface area contributed by atoms with Crippen molar-refractivity contribution in [1.82, 2.24) is 9.55 Å². The fraction of sp³-hybridized carbons (Fsp3) is 0.231. The highest BCUT2D eigenvalue weighted by atomic mass is 19.1. The van der Waals surface area contributed by atoms with Gasteiger partial charge >= 0.3 is 5.97 Å². The van der Waals surface area contributed by atoms with Crippen molar-refractivity contribution < 1.29 is 14.3 Å². The molecule has 0 amide bonds. The van der Waals surface area contributed by atoms with Gasteiger partial charge in [0.2, 0.25) is 0 Å². The molecule has 18 heavy (non-hydrogen) atoms. The van der Waals surface area contributed by atoms with Gasteiger partial charge in [0.15, 0.2) is 0 Å². The second-order valence-electron chi connectivity index (χ2n) is 4.15. The number of imidazole rings is 1. The quantitative estimate of drug-likeness (QED) is 0.907. The van der Waals surface area contributed by atoms with Gasteiger partial charge in [0.1, 0.15) is 5.82 Å². The van der Waals surface area contributed by atoms with Gasteiger partial charge in [-0.05, 0) is 31.5 Å². The molecule has 0 aliphatic rings. The maximum absolute atomic E-state index is 13.0. The third-order valence-corrected chi connectivity index (χ3v) is 2.99. The Balaban J connectivity index is 2.40. The molecular formula is C13H13FN2O2. The number of carboxylic acid groups (broad SMARTS) is 1. The molecule has 94 valence electrons. The van der Waals surface area contributed by atoms with E-state index in [4.69, 9.17) is 5.11 Å². The van der Waals surface area contributed by atoms with Crippen molar-refractivity contribution in [3.8, 4) is 0 Å². The van der Waals surface area contributed by atoms with Crippen LogP contribution in [0.15, 0.2) is 24.5 Å². The van der Waals surface area contributed by atoms with Gasteiger partial charge in [-0.3, -0.25) is 0 Å². The van der Waals surface area contributed by atoms with Crippen molar-refractivity contribution in [2.75, 3.05) is 0 Å². The first-order valence-electron chi connectivity index (χ1n) is 5.49. The van der Waals surface area contributed by atoms with E-state index in [1.807, 2.05) is 18.4 Å². The van der Waals surface area contributed by atoms with E-state index in [2.05, 4.69) is 4.98 Å². The van der Waals surface area contributed by atoms with E-state index in [0.717, 1.165) is 17.5 Å². The van der Waals surface area contributed by atoms with Crippen molar-refractivity contribution in [2.45, 2.75) is 20.4 Å². The summed E-state index contributed by atoms with van der Waals surface area (Å²) in [7, 11) is 0. The van der Waals surface area contributed by atoms with E-state index in [1.165, 1.54) is 12.1 Å². The molecule has 0 bridgehead atoms. The number of carboxylic acids is 1. The largest absolute Gasteiger partial charge is 0.478 e. The summed E-state index contributed by atoms with van der Waals surface area (Å²) in [5.41, 5.74) is 2.41. The predicted octanol–water partition coefficient (Wildman–Crippen LogP) is 2.39. The number of hydrogen-bond acceptors (Lipinski definition) is 2. The van der Waals surface area contributed by atoms with Gasteiger partial charge in [-0.15, -0.1) is 0 Å². The SMILES string of the molecule is Cc1ncn(Cc2ccc(F)cc2C(=O)O)c1C. The number of aromatic carboxylic acids is 1. The average Bonchev–Trinajstić information content (AvgIpc) is 2.63. The Labute approximate surface area is 104 Å². The van der Waals surface area contributed by atoms with Gasteiger partial charge in [0.05, 0.1) is 17.6 Å². The Kier molecular flexibility index (Phi) is 3.14. The minimum atomic E-state index is -1.13. The highest BCUT2D eigenvalue weighted by molar-refractivity contribution is 5.89. The van der Waals surface area contributed by atoms with Crippen LogP contribution in [0.1, 0.15) is 27.3 Å². The molecule has 1 aromatic heterocycles. The molecule has 1 heterocycles. The van der Waals surface area contributed by atoms with Crippen LogP contribution in [0, 0.1) is 19.7 Å². The normalized spacial score (nSPS) is 10.6. The molecule has 0 radical (unpaired) electrons. The maximum Gasteiger partial charge on any atom is 0.336 e. The molecule has 0 saturated carbocycles. The second-order valence-corrected chi connectivity index (χ2v) is 4.15. The molecule has 1 N–H and O–H groups in total. The Morgan fingerprint density at radius 3 is 2.72 bits per heavy atom. The zero-order valence-corrected chi connectivity index (χ0v) is 10.1. The van der Waals surface area contributed by atoms with E-state index in [9.17, 15) is 9.18 Å². The number of halogens is 1. The summed E-state index contributed by atoms with van der Waals surface area (Å²) < 4.78 is 14.9. The van der Waals surface area contributed by atoms with Crippen LogP contribution >= 0.6 is 0 Å². The predicted molar refractivity (Wildman–Crippen MR) is 64.2 cm³/mol. The molecule has 2 rings (SSSR count). The number of benzene rings is 1. The van der Waals surface area contributed by atoms with Crippen molar-refractivity contribution in [2.24, 2.45) is 0 Å². The number of hydrogen-bond donors (Lipinski definition) is 1. The Hall–Kier alpha value is -2.17. The summed E-state index contributed by atoms with van der Waals surface area (Å²) in [6.07, 6.45) is 1.65. The van der Waals surface area contributed by atoms with Crippen molar-refractivity contribution >= 4 is 5.97 Å². The van der Waals surface area contributed by atoms with Gasteiger partial charge in [0, 0.05) is 12.2 Å². The molecule has 4 nitrogen and oxygen atoms in total. The van der Waals surface area contributed by atoms with Crippen LogP contribution in [0.25, 0.3) is 0 Å². The van der Waals surface area contributed by atoms with Gasteiger partial charge < -0.3 is 9.67 Å². The van der Waals surface area contributed by atoms with Gasteiger partial charge in [-0.1, -0.05) is 6.07 Å². The lowest BCUT2D eigenvalue weighted by molar-refractivity contribution is 0.0695. The van der Waals surface area contributed by atoms with Crippen LogP contribution in [0.4, 0.5) is 4.39 Å². The zero-order valence-electron chi connectivity index (χ0n) is 10.1. The van der Waals surface area contributed by atoms with Crippen molar-refractivity contribution in [3.05, 3.63) is 52.9 Å². The average molecular weight is 248 g/mol. The standard InChI is InChI=1S/C13H13FN2O2/c1-8-9(2)16(7-15-8)6-10-3-4-11(14)5-12(10)13(17)18/h3-5,7H,6H2,1-2H3,(H,17,18). The third-order valence-electron chi connectivity index (χ3n) is 2.99. The summed E-state index contributed by atoms with van der Waals surface area (Å²) in [4.78, 5) is 15.2. The van der Waals surface area contributed by atoms with E-state index in [-0.39, 0.29) is 5.56 Å². The molecule has 0 aliphatic heterocycles. The van der Waals surface area contributed by atoms with Crippen LogP contribution in [-0.4, -0.2) is 20.6 Å². The van der Waals surface area contributed by atoms with Gasteiger partial charge in [-0.2, -0.15) is 0 Å². The van der Waals surface area contributed by atoms with Gasteiger partial charge in [-0.25, -0.2) is 14.2 Å². The summed E-state index contributed by atoms with van der Waals surface area (Å²) in [5, 5.41) is 9.05. The van der Waals surface area contributed by atoms with E-state index >= 15 is 0 Å². The lowest BCUT2D eigenvalue weighted by Gasteiger charge is -2.09. The smallest absolute Gasteiger partial charge is 0.336 e. The highest BCUT2D eigenvalue weighted by Gasteiger charge is 2.12. The molecule has 1 aromatic carbocycles. The van der Waals surface area contributed by atoms with Crippen LogP contribution < -0.4 is 0 Å². The molecule has 0 saturated heterocycles. The molecule has 0 atom stereocenters. The molecular weight excluding hydrogens is 235 g/mol. The third kappa shape index (κ3) is 2.25. The number of nitrogens with zero attached hydrogens (tertiary/aromatic N) is 2. The van der Waals surface area contributed by atoms with E-state index < -0.39 is 11.8 Å². The van der Waals surface area contributed by atoms with Crippen LogP contribution in [0.3, 0.4) is 0 Å². The van der Waals surface area contributed by atoms with E-state index in [1.54, 1.807) is 6.33 Å². The lowest BCUT2D eigenvalue weighted by Crippen LogP contribution is -2.08. The first-order valence-corrected chi connectivity index (χ1v) is 5.49.